The molecule has 0 radical (unpaired) electrons. The molecule has 0 spiro atoms. The summed E-state index contributed by atoms with van der Waals surface area (Å²) in [6.45, 7) is 0.550. The number of sulfonamides is 1. The number of anilines is 1. The standard InChI is InChI=1S/C17H21N3O2S/c1-19(2)15-7-3-6-14(12-15)17-9-5-11-20(17)23(21,22)16-8-4-10-18-13-16/h3-4,6-8,10,12-13,17H,5,9,11H2,1-2H3. The Labute approximate surface area is 137 Å². The third-order valence-corrected chi connectivity index (χ3v) is 6.11. The smallest absolute Gasteiger partial charge is 0.245 e. The molecule has 0 saturated carbocycles. The molecule has 2 aromatic rings. The molecule has 1 saturated heterocycles. The Morgan fingerprint density at radius 2 is 2.04 bits per heavy atom. The van der Waals surface area contributed by atoms with Gasteiger partial charge in [-0.25, -0.2) is 8.42 Å². The Kier molecular flexibility index (Phi) is 4.37. The number of nitrogens with zero attached hydrogens (tertiary/aromatic N) is 3. The lowest BCUT2D eigenvalue weighted by Gasteiger charge is -2.25. The molecule has 5 nitrogen and oxygen atoms in total. The highest BCUT2D eigenvalue weighted by atomic mass is 32.2. The van der Waals surface area contributed by atoms with Crippen molar-refractivity contribution in [1.29, 1.82) is 0 Å². The number of aromatic nitrogens is 1. The lowest BCUT2D eigenvalue weighted by Crippen LogP contribution is -2.30. The molecule has 122 valence electrons. The summed E-state index contributed by atoms with van der Waals surface area (Å²) in [7, 11) is 0.456. The molecule has 1 aliphatic heterocycles. The Bertz CT molecular complexity index is 775. The van der Waals surface area contributed by atoms with Crippen molar-refractivity contribution in [2.24, 2.45) is 0 Å². The second-order valence-electron chi connectivity index (χ2n) is 5.95. The van der Waals surface area contributed by atoms with Crippen LogP contribution in [0.4, 0.5) is 5.69 Å². The van der Waals surface area contributed by atoms with Crippen LogP contribution in [0.3, 0.4) is 0 Å². The van der Waals surface area contributed by atoms with Crippen molar-refractivity contribution >= 4 is 15.7 Å². The van der Waals surface area contributed by atoms with E-state index in [4.69, 9.17) is 0 Å². The summed E-state index contributed by atoms with van der Waals surface area (Å²) >= 11 is 0. The quantitative estimate of drug-likeness (QED) is 0.864. The van der Waals surface area contributed by atoms with Crippen LogP contribution >= 0.6 is 0 Å². The van der Waals surface area contributed by atoms with Crippen molar-refractivity contribution in [3.8, 4) is 0 Å². The fourth-order valence-electron chi connectivity index (χ4n) is 3.01. The fourth-order valence-corrected chi connectivity index (χ4v) is 4.65. The molecule has 1 aromatic heterocycles. The van der Waals surface area contributed by atoms with Crippen LogP contribution < -0.4 is 4.90 Å². The van der Waals surface area contributed by atoms with Crippen molar-refractivity contribution in [3.63, 3.8) is 0 Å². The van der Waals surface area contributed by atoms with E-state index in [-0.39, 0.29) is 10.9 Å². The molecular formula is C17H21N3O2S. The number of hydrogen-bond donors (Lipinski definition) is 0. The van der Waals surface area contributed by atoms with Crippen LogP contribution in [0.15, 0.2) is 53.7 Å². The van der Waals surface area contributed by atoms with E-state index in [1.165, 1.54) is 6.20 Å². The number of rotatable bonds is 4. The van der Waals surface area contributed by atoms with Gasteiger partial charge in [-0.05, 0) is 42.7 Å². The lowest BCUT2D eigenvalue weighted by atomic mass is 10.0. The number of hydrogen-bond acceptors (Lipinski definition) is 4. The van der Waals surface area contributed by atoms with Gasteiger partial charge in [0.1, 0.15) is 4.90 Å². The molecule has 0 N–H and O–H groups in total. The van der Waals surface area contributed by atoms with E-state index in [0.717, 1.165) is 24.1 Å². The van der Waals surface area contributed by atoms with Gasteiger partial charge in [0.15, 0.2) is 0 Å². The minimum Gasteiger partial charge on any atom is -0.378 e. The van der Waals surface area contributed by atoms with Crippen molar-refractivity contribution in [2.45, 2.75) is 23.8 Å². The van der Waals surface area contributed by atoms with Crippen molar-refractivity contribution in [1.82, 2.24) is 9.29 Å². The summed E-state index contributed by atoms with van der Waals surface area (Å²) in [5.41, 5.74) is 2.12. The zero-order valence-corrected chi connectivity index (χ0v) is 14.2. The first-order valence-corrected chi connectivity index (χ1v) is 9.13. The molecule has 1 aromatic carbocycles. The summed E-state index contributed by atoms with van der Waals surface area (Å²) in [5, 5.41) is 0. The fraction of sp³-hybridized carbons (Fsp3) is 0.353. The molecule has 23 heavy (non-hydrogen) atoms. The maximum absolute atomic E-state index is 12.9. The van der Waals surface area contributed by atoms with E-state index in [9.17, 15) is 8.42 Å². The Morgan fingerprint density at radius 3 is 2.74 bits per heavy atom. The van der Waals surface area contributed by atoms with E-state index in [1.807, 2.05) is 37.2 Å². The molecule has 2 heterocycles. The second-order valence-corrected chi connectivity index (χ2v) is 7.84. The van der Waals surface area contributed by atoms with Gasteiger partial charge < -0.3 is 4.90 Å². The molecular weight excluding hydrogens is 310 g/mol. The third kappa shape index (κ3) is 3.09. The predicted octanol–water partition coefficient (Wildman–Crippen LogP) is 2.67. The van der Waals surface area contributed by atoms with Gasteiger partial charge in [0.25, 0.3) is 0 Å². The number of pyridine rings is 1. The van der Waals surface area contributed by atoms with Crippen molar-refractivity contribution in [3.05, 3.63) is 54.4 Å². The van der Waals surface area contributed by atoms with Crippen LogP contribution in [0.5, 0.6) is 0 Å². The minimum absolute atomic E-state index is 0.111. The molecule has 1 aliphatic rings. The summed E-state index contributed by atoms with van der Waals surface area (Å²) in [5.74, 6) is 0. The van der Waals surface area contributed by atoms with Gasteiger partial charge in [0.05, 0.1) is 6.04 Å². The van der Waals surface area contributed by atoms with Gasteiger partial charge in [0, 0.05) is 38.7 Å². The SMILES string of the molecule is CN(C)c1cccc(C2CCCN2S(=O)(=O)c2cccnc2)c1. The first-order chi connectivity index (χ1) is 11.0. The largest absolute Gasteiger partial charge is 0.378 e. The van der Waals surface area contributed by atoms with Crippen LogP contribution in [0.1, 0.15) is 24.4 Å². The Morgan fingerprint density at radius 1 is 1.22 bits per heavy atom. The van der Waals surface area contributed by atoms with Gasteiger partial charge in [-0.2, -0.15) is 4.31 Å². The van der Waals surface area contributed by atoms with Crippen LogP contribution in [0.2, 0.25) is 0 Å². The molecule has 6 heteroatoms. The van der Waals surface area contributed by atoms with Gasteiger partial charge in [-0.3, -0.25) is 4.98 Å². The van der Waals surface area contributed by atoms with E-state index < -0.39 is 10.0 Å². The number of benzene rings is 1. The predicted molar refractivity (Wildman–Crippen MR) is 90.9 cm³/mol. The van der Waals surface area contributed by atoms with Gasteiger partial charge >= 0.3 is 0 Å². The average molecular weight is 331 g/mol. The first kappa shape index (κ1) is 16.0. The molecule has 0 amide bonds. The Balaban J connectivity index is 1.96. The van der Waals surface area contributed by atoms with Crippen LogP contribution in [0.25, 0.3) is 0 Å². The molecule has 3 rings (SSSR count). The monoisotopic (exact) mass is 331 g/mol. The van der Waals surface area contributed by atoms with Crippen LogP contribution in [-0.2, 0) is 10.0 Å². The Hall–Kier alpha value is -1.92. The maximum atomic E-state index is 12.9. The zero-order chi connectivity index (χ0) is 16.4. The molecule has 0 bridgehead atoms. The third-order valence-electron chi connectivity index (χ3n) is 4.22. The highest BCUT2D eigenvalue weighted by molar-refractivity contribution is 7.89. The van der Waals surface area contributed by atoms with E-state index in [2.05, 4.69) is 11.1 Å². The highest BCUT2D eigenvalue weighted by Crippen LogP contribution is 2.37. The molecule has 0 aliphatic carbocycles. The molecule has 1 fully saturated rings. The van der Waals surface area contributed by atoms with Crippen LogP contribution in [0, 0.1) is 0 Å². The van der Waals surface area contributed by atoms with E-state index in [0.29, 0.717) is 6.54 Å². The topological polar surface area (TPSA) is 53.5 Å². The normalized spacial score (nSPS) is 19.0. The van der Waals surface area contributed by atoms with Crippen molar-refractivity contribution in [2.75, 3.05) is 25.5 Å². The van der Waals surface area contributed by atoms with Crippen molar-refractivity contribution < 1.29 is 8.42 Å². The minimum atomic E-state index is -3.51. The second kappa shape index (κ2) is 6.29. The first-order valence-electron chi connectivity index (χ1n) is 7.69. The maximum Gasteiger partial charge on any atom is 0.245 e. The summed E-state index contributed by atoms with van der Waals surface area (Å²) in [6.07, 6.45) is 4.72. The average Bonchev–Trinajstić information content (AvgIpc) is 3.06. The van der Waals surface area contributed by atoms with Gasteiger partial charge in [0.2, 0.25) is 10.0 Å². The molecule has 1 atom stereocenters. The van der Waals surface area contributed by atoms with Gasteiger partial charge in [-0.1, -0.05) is 12.1 Å². The van der Waals surface area contributed by atoms with E-state index in [1.54, 1.807) is 22.6 Å². The highest BCUT2D eigenvalue weighted by Gasteiger charge is 2.36. The summed E-state index contributed by atoms with van der Waals surface area (Å²) < 4.78 is 27.4. The zero-order valence-electron chi connectivity index (χ0n) is 13.4. The summed E-state index contributed by atoms with van der Waals surface area (Å²) in [4.78, 5) is 6.23. The summed E-state index contributed by atoms with van der Waals surface area (Å²) in [6, 6.07) is 11.2. The molecule has 1 unspecified atom stereocenters. The van der Waals surface area contributed by atoms with E-state index >= 15 is 0 Å². The van der Waals surface area contributed by atoms with Crippen LogP contribution in [-0.4, -0.2) is 38.3 Å². The van der Waals surface area contributed by atoms with Gasteiger partial charge in [-0.15, -0.1) is 0 Å². The lowest BCUT2D eigenvalue weighted by molar-refractivity contribution is 0.396.